The summed E-state index contributed by atoms with van der Waals surface area (Å²) in [5, 5.41) is 6.38. The van der Waals surface area contributed by atoms with Gasteiger partial charge in [-0.3, -0.25) is 4.79 Å². The fourth-order valence-corrected chi connectivity index (χ4v) is 4.00. The Hall–Kier alpha value is -4.36. The molecule has 7 nitrogen and oxygen atoms in total. The Balaban J connectivity index is 1.68. The highest BCUT2D eigenvalue weighted by molar-refractivity contribution is 6.31. The van der Waals surface area contributed by atoms with Crippen LogP contribution < -0.4 is 15.2 Å². The van der Waals surface area contributed by atoms with Crippen molar-refractivity contribution in [2.24, 2.45) is 5.10 Å². The van der Waals surface area contributed by atoms with E-state index in [1.54, 1.807) is 54.8 Å². The monoisotopic (exact) mass is 498 g/mol. The van der Waals surface area contributed by atoms with E-state index in [9.17, 15) is 4.79 Å². The molecule has 2 heterocycles. The zero-order valence-corrected chi connectivity index (χ0v) is 20.6. The van der Waals surface area contributed by atoms with E-state index in [1.807, 2.05) is 43.3 Å². The van der Waals surface area contributed by atoms with Crippen LogP contribution in [0, 0.1) is 0 Å². The summed E-state index contributed by atoms with van der Waals surface area (Å²) in [7, 11) is 3.90. The van der Waals surface area contributed by atoms with Crippen LogP contribution in [0.3, 0.4) is 0 Å². The summed E-state index contributed by atoms with van der Waals surface area (Å²) >= 11 is 6.15. The summed E-state index contributed by atoms with van der Waals surface area (Å²) in [6.07, 6.45) is 3.26. The first kappa shape index (κ1) is 23.4. The van der Waals surface area contributed by atoms with E-state index in [1.165, 1.54) is 4.68 Å². The van der Waals surface area contributed by atoms with Crippen molar-refractivity contribution in [3.05, 3.63) is 100 Å². The standard InChI is InChI=1S/C28H23ClN4O3/c1-4-13-35-25-16-21(32(2)3)11-9-18(25)17-30-33-27(31-23-8-6-5-7-22(23)28(33)34)26-15-19-14-20(29)10-12-24(19)36-26/h4-12,14-17H,1,13H2,2-3H3. The highest BCUT2D eigenvalue weighted by atomic mass is 35.5. The van der Waals surface area contributed by atoms with Gasteiger partial charge in [0.1, 0.15) is 17.9 Å². The minimum absolute atomic E-state index is 0.278. The normalized spacial score (nSPS) is 11.4. The van der Waals surface area contributed by atoms with Crippen molar-refractivity contribution in [3.8, 4) is 17.3 Å². The van der Waals surface area contributed by atoms with Crippen molar-refractivity contribution in [1.82, 2.24) is 9.66 Å². The quantitative estimate of drug-likeness (QED) is 0.204. The predicted octanol–water partition coefficient (Wildman–Crippen LogP) is 5.98. The van der Waals surface area contributed by atoms with E-state index in [0.29, 0.717) is 45.2 Å². The van der Waals surface area contributed by atoms with Crippen molar-refractivity contribution >= 4 is 45.4 Å². The van der Waals surface area contributed by atoms with Crippen LogP contribution >= 0.6 is 11.6 Å². The van der Waals surface area contributed by atoms with Crippen LogP contribution in [-0.4, -0.2) is 36.6 Å². The first-order valence-electron chi connectivity index (χ1n) is 11.3. The Morgan fingerprint density at radius 3 is 2.78 bits per heavy atom. The highest BCUT2D eigenvalue weighted by Crippen LogP contribution is 2.29. The van der Waals surface area contributed by atoms with Gasteiger partial charge in [0, 0.05) is 41.8 Å². The third-order valence-electron chi connectivity index (χ3n) is 5.64. The maximum Gasteiger partial charge on any atom is 0.282 e. The number of para-hydroxylation sites is 1. The van der Waals surface area contributed by atoms with Gasteiger partial charge in [0.2, 0.25) is 5.82 Å². The molecule has 3 aromatic carbocycles. The summed E-state index contributed by atoms with van der Waals surface area (Å²) in [5.41, 5.74) is 2.53. The molecule has 0 unspecified atom stereocenters. The summed E-state index contributed by atoms with van der Waals surface area (Å²) in [6, 6.07) is 20.0. The van der Waals surface area contributed by atoms with Gasteiger partial charge in [-0.05, 0) is 48.5 Å². The Morgan fingerprint density at radius 1 is 1.14 bits per heavy atom. The highest BCUT2D eigenvalue weighted by Gasteiger charge is 2.17. The molecule has 0 saturated heterocycles. The fraction of sp³-hybridized carbons (Fsp3) is 0.107. The SMILES string of the molecule is C=CCOc1cc(N(C)C)ccc1C=Nn1c(-c2cc3cc(Cl)ccc3o2)nc2ccccc2c1=O. The van der Waals surface area contributed by atoms with Gasteiger partial charge < -0.3 is 14.1 Å². The molecule has 8 heteroatoms. The minimum Gasteiger partial charge on any atom is -0.489 e. The molecule has 5 aromatic rings. The molecule has 0 amide bonds. The number of aromatic nitrogens is 2. The molecule has 0 aliphatic rings. The smallest absolute Gasteiger partial charge is 0.282 e. The van der Waals surface area contributed by atoms with Crippen LogP contribution in [0.5, 0.6) is 5.75 Å². The topological polar surface area (TPSA) is 72.9 Å². The first-order chi connectivity index (χ1) is 17.4. The van der Waals surface area contributed by atoms with Crippen molar-refractivity contribution < 1.29 is 9.15 Å². The first-order valence-corrected chi connectivity index (χ1v) is 11.6. The molecule has 0 spiro atoms. The van der Waals surface area contributed by atoms with E-state index < -0.39 is 0 Å². The maximum absolute atomic E-state index is 13.5. The minimum atomic E-state index is -0.316. The Bertz CT molecular complexity index is 1680. The molecule has 2 aromatic heterocycles. The molecule has 0 N–H and O–H groups in total. The fourth-order valence-electron chi connectivity index (χ4n) is 3.82. The van der Waals surface area contributed by atoms with Crippen LogP contribution in [0.25, 0.3) is 33.5 Å². The van der Waals surface area contributed by atoms with Crippen LogP contribution in [0.4, 0.5) is 5.69 Å². The lowest BCUT2D eigenvalue weighted by Gasteiger charge is -2.15. The lowest BCUT2D eigenvalue weighted by molar-refractivity contribution is 0.363. The van der Waals surface area contributed by atoms with Crippen molar-refractivity contribution in [3.63, 3.8) is 0 Å². The summed E-state index contributed by atoms with van der Waals surface area (Å²) < 4.78 is 13.1. The zero-order chi connectivity index (χ0) is 25.2. The predicted molar refractivity (Wildman–Crippen MR) is 146 cm³/mol. The largest absolute Gasteiger partial charge is 0.489 e. The van der Waals surface area contributed by atoms with E-state index in [4.69, 9.17) is 25.7 Å². The third kappa shape index (κ3) is 4.48. The van der Waals surface area contributed by atoms with Gasteiger partial charge in [0.15, 0.2) is 5.76 Å². The summed E-state index contributed by atoms with van der Waals surface area (Å²) in [4.78, 5) is 20.2. The van der Waals surface area contributed by atoms with E-state index in [-0.39, 0.29) is 11.4 Å². The second-order valence-electron chi connectivity index (χ2n) is 8.32. The molecule has 0 fully saturated rings. The molecular weight excluding hydrogens is 476 g/mol. The van der Waals surface area contributed by atoms with Crippen LogP contribution in [-0.2, 0) is 0 Å². The number of fused-ring (bicyclic) bond motifs is 2. The maximum atomic E-state index is 13.5. The zero-order valence-electron chi connectivity index (χ0n) is 19.8. The molecule has 0 radical (unpaired) electrons. The number of anilines is 1. The molecule has 0 aliphatic carbocycles. The number of hydrogen-bond acceptors (Lipinski definition) is 6. The van der Waals surface area contributed by atoms with Gasteiger partial charge in [-0.25, -0.2) is 4.98 Å². The number of hydrogen-bond donors (Lipinski definition) is 0. The third-order valence-corrected chi connectivity index (χ3v) is 5.87. The molecule has 0 saturated carbocycles. The van der Waals surface area contributed by atoms with Gasteiger partial charge in [-0.2, -0.15) is 9.78 Å². The van der Waals surface area contributed by atoms with Gasteiger partial charge in [-0.15, -0.1) is 0 Å². The lowest BCUT2D eigenvalue weighted by atomic mass is 10.2. The van der Waals surface area contributed by atoms with E-state index in [0.717, 1.165) is 11.1 Å². The van der Waals surface area contributed by atoms with E-state index >= 15 is 0 Å². The number of halogens is 1. The molecule has 5 rings (SSSR count). The Labute approximate surface area is 212 Å². The average molecular weight is 499 g/mol. The van der Waals surface area contributed by atoms with E-state index in [2.05, 4.69) is 11.7 Å². The second-order valence-corrected chi connectivity index (χ2v) is 8.76. The molecule has 0 bridgehead atoms. The average Bonchev–Trinajstić information content (AvgIpc) is 3.30. The molecular formula is C28H23ClN4O3. The molecule has 180 valence electrons. The number of furan rings is 1. The second kappa shape index (κ2) is 9.71. The lowest BCUT2D eigenvalue weighted by Crippen LogP contribution is -2.20. The van der Waals surface area contributed by atoms with Gasteiger partial charge in [0.05, 0.1) is 17.1 Å². The van der Waals surface area contributed by atoms with Crippen molar-refractivity contribution in [2.45, 2.75) is 0 Å². The van der Waals surface area contributed by atoms with Gasteiger partial charge in [0.25, 0.3) is 5.56 Å². The molecule has 0 aliphatic heterocycles. The van der Waals surface area contributed by atoms with Crippen LogP contribution in [0.15, 0.2) is 93.7 Å². The molecule has 36 heavy (non-hydrogen) atoms. The van der Waals surface area contributed by atoms with Crippen LogP contribution in [0.2, 0.25) is 5.02 Å². The van der Waals surface area contributed by atoms with Crippen molar-refractivity contribution in [2.75, 3.05) is 25.6 Å². The van der Waals surface area contributed by atoms with Gasteiger partial charge >= 0.3 is 0 Å². The summed E-state index contributed by atoms with van der Waals surface area (Å²) in [6.45, 7) is 4.06. The van der Waals surface area contributed by atoms with Crippen molar-refractivity contribution in [1.29, 1.82) is 0 Å². The number of nitrogens with zero attached hydrogens (tertiary/aromatic N) is 4. The Morgan fingerprint density at radius 2 is 1.97 bits per heavy atom. The Kier molecular flexibility index (Phi) is 6.31. The number of ether oxygens (including phenoxy) is 1. The number of rotatable bonds is 7. The van der Waals surface area contributed by atoms with Gasteiger partial charge in [-0.1, -0.05) is 36.4 Å². The van der Waals surface area contributed by atoms with Crippen LogP contribution in [0.1, 0.15) is 5.56 Å². The molecule has 0 atom stereocenters. The summed E-state index contributed by atoms with van der Waals surface area (Å²) in [5.74, 6) is 1.30. The number of benzene rings is 3.